The van der Waals surface area contributed by atoms with Crippen LogP contribution in [0.2, 0.25) is 0 Å². The number of nitrogens with zero attached hydrogens (tertiary/aromatic N) is 1. The van der Waals surface area contributed by atoms with Crippen LogP contribution in [0, 0.1) is 0 Å². The van der Waals surface area contributed by atoms with Gasteiger partial charge in [-0.05, 0) is 42.9 Å². The van der Waals surface area contributed by atoms with Gasteiger partial charge in [0.2, 0.25) is 0 Å². The van der Waals surface area contributed by atoms with Gasteiger partial charge in [-0.25, -0.2) is 0 Å². The fourth-order valence-corrected chi connectivity index (χ4v) is 4.30. The van der Waals surface area contributed by atoms with Crippen LogP contribution >= 0.6 is 0 Å². The number of rotatable bonds is 4. The molecule has 0 N–H and O–H groups in total. The molecule has 2 aliphatic rings. The molecule has 0 saturated carbocycles. The minimum Gasteiger partial charge on any atom is -0.289 e. The Balaban J connectivity index is 1.48. The third-order valence-corrected chi connectivity index (χ3v) is 5.51. The summed E-state index contributed by atoms with van der Waals surface area (Å²) in [7, 11) is 0. The first-order valence-electron chi connectivity index (χ1n) is 9.14. The van der Waals surface area contributed by atoms with Gasteiger partial charge in [-0.3, -0.25) is 4.90 Å². The zero-order valence-corrected chi connectivity index (χ0v) is 14.5. The highest BCUT2D eigenvalue weighted by atomic mass is 19.4. The van der Waals surface area contributed by atoms with Crippen molar-refractivity contribution in [2.75, 3.05) is 0 Å². The molecule has 2 heterocycles. The van der Waals surface area contributed by atoms with E-state index in [1.165, 1.54) is 29.7 Å². The summed E-state index contributed by atoms with van der Waals surface area (Å²) < 4.78 is 38.8. The molecule has 2 aromatic rings. The number of hydrogen-bond donors (Lipinski definition) is 0. The lowest BCUT2D eigenvalue weighted by Crippen LogP contribution is -2.38. The molecule has 4 heteroatoms. The number of halogens is 3. The molecule has 2 aromatic carbocycles. The SMILES string of the molecule is FC(F)(F)c1cccc(CC2=CC3CCC(C2)N3Cc2ccccc2)c1. The highest BCUT2D eigenvalue weighted by Gasteiger charge is 2.36. The summed E-state index contributed by atoms with van der Waals surface area (Å²) in [6.07, 6.45) is 1.91. The van der Waals surface area contributed by atoms with Crippen LogP contribution in [0.1, 0.15) is 36.0 Å². The Hall–Kier alpha value is -2.07. The third-order valence-electron chi connectivity index (χ3n) is 5.51. The Morgan fingerprint density at radius 1 is 0.923 bits per heavy atom. The highest BCUT2D eigenvalue weighted by Crippen LogP contribution is 2.37. The fourth-order valence-electron chi connectivity index (χ4n) is 4.30. The first-order valence-corrected chi connectivity index (χ1v) is 9.14. The molecule has 2 atom stereocenters. The zero-order chi connectivity index (χ0) is 18.1. The van der Waals surface area contributed by atoms with E-state index in [-0.39, 0.29) is 0 Å². The maximum Gasteiger partial charge on any atom is 0.416 e. The molecule has 0 amide bonds. The van der Waals surface area contributed by atoms with Crippen molar-refractivity contribution in [3.8, 4) is 0 Å². The molecule has 2 unspecified atom stereocenters. The van der Waals surface area contributed by atoms with Crippen molar-refractivity contribution in [2.45, 2.75) is 50.5 Å². The van der Waals surface area contributed by atoms with Crippen LogP contribution in [0.5, 0.6) is 0 Å². The minimum absolute atomic E-state index is 0.412. The summed E-state index contributed by atoms with van der Waals surface area (Å²) in [6, 6.07) is 17.1. The number of alkyl halides is 3. The van der Waals surface area contributed by atoms with E-state index in [9.17, 15) is 13.2 Å². The van der Waals surface area contributed by atoms with Crippen molar-refractivity contribution >= 4 is 0 Å². The predicted octanol–water partition coefficient (Wildman–Crippen LogP) is 5.61. The van der Waals surface area contributed by atoms with E-state index in [0.717, 1.165) is 31.0 Å². The number of benzene rings is 2. The summed E-state index contributed by atoms with van der Waals surface area (Å²) in [5, 5.41) is 0. The van der Waals surface area contributed by atoms with Gasteiger partial charge in [0.05, 0.1) is 5.56 Å². The van der Waals surface area contributed by atoms with E-state index in [1.807, 2.05) is 6.07 Å². The Morgan fingerprint density at radius 3 is 2.42 bits per heavy atom. The Labute approximate surface area is 152 Å². The average Bonchev–Trinajstić information content (AvgIpc) is 2.85. The molecule has 2 aliphatic heterocycles. The summed E-state index contributed by atoms with van der Waals surface area (Å²) in [5.41, 5.74) is 2.79. The largest absolute Gasteiger partial charge is 0.416 e. The van der Waals surface area contributed by atoms with Gasteiger partial charge in [-0.1, -0.05) is 60.2 Å². The Morgan fingerprint density at radius 2 is 1.69 bits per heavy atom. The zero-order valence-electron chi connectivity index (χ0n) is 14.5. The molecule has 0 aromatic heterocycles. The summed E-state index contributed by atoms with van der Waals surface area (Å²) >= 11 is 0. The number of hydrogen-bond acceptors (Lipinski definition) is 1. The van der Waals surface area contributed by atoms with E-state index < -0.39 is 11.7 Å². The molecular weight excluding hydrogens is 335 g/mol. The molecule has 0 aliphatic carbocycles. The lowest BCUT2D eigenvalue weighted by atomic mass is 9.94. The number of fused-ring (bicyclic) bond motifs is 2. The second kappa shape index (κ2) is 6.92. The molecule has 0 radical (unpaired) electrons. The van der Waals surface area contributed by atoms with Gasteiger partial charge in [0.15, 0.2) is 0 Å². The predicted molar refractivity (Wildman–Crippen MR) is 96.6 cm³/mol. The molecule has 1 fully saturated rings. The van der Waals surface area contributed by atoms with Gasteiger partial charge < -0.3 is 0 Å². The summed E-state index contributed by atoms with van der Waals surface area (Å²) in [4.78, 5) is 2.55. The molecule has 1 saturated heterocycles. The smallest absolute Gasteiger partial charge is 0.289 e. The van der Waals surface area contributed by atoms with E-state index in [4.69, 9.17) is 0 Å². The van der Waals surface area contributed by atoms with Gasteiger partial charge in [0.1, 0.15) is 0 Å². The summed E-state index contributed by atoms with van der Waals surface area (Å²) in [6.45, 7) is 0.948. The van der Waals surface area contributed by atoms with Crippen molar-refractivity contribution in [1.82, 2.24) is 4.90 Å². The molecule has 136 valence electrons. The van der Waals surface area contributed by atoms with Crippen molar-refractivity contribution in [3.63, 3.8) is 0 Å². The first-order chi connectivity index (χ1) is 12.5. The van der Waals surface area contributed by atoms with E-state index in [0.29, 0.717) is 18.5 Å². The maximum absolute atomic E-state index is 12.9. The normalized spacial score (nSPS) is 23.1. The second-order valence-corrected chi connectivity index (χ2v) is 7.36. The highest BCUT2D eigenvalue weighted by molar-refractivity contribution is 5.31. The topological polar surface area (TPSA) is 3.24 Å². The van der Waals surface area contributed by atoms with Gasteiger partial charge >= 0.3 is 6.18 Å². The fraction of sp³-hybridized carbons (Fsp3) is 0.364. The van der Waals surface area contributed by atoms with Crippen LogP contribution in [-0.4, -0.2) is 17.0 Å². The molecular formula is C22H22F3N. The molecule has 0 spiro atoms. The Kier molecular flexibility index (Phi) is 4.62. The van der Waals surface area contributed by atoms with E-state index >= 15 is 0 Å². The minimum atomic E-state index is -4.28. The van der Waals surface area contributed by atoms with Crippen LogP contribution in [0.3, 0.4) is 0 Å². The van der Waals surface area contributed by atoms with Crippen molar-refractivity contribution in [2.24, 2.45) is 0 Å². The van der Waals surface area contributed by atoms with Gasteiger partial charge in [0.25, 0.3) is 0 Å². The third kappa shape index (κ3) is 3.70. The van der Waals surface area contributed by atoms with Gasteiger partial charge in [-0.15, -0.1) is 0 Å². The average molecular weight is 357 g/mol. The second-order valence-electron chi connectivity index (χ2n) is 7.36. The van der Waals surface area contributed by atoms with Gasteiger partial charge in [0, 0.05) is 18.6 Å². The van der Waals surface area contributed by atoms with Crippen molar-refractivity contribution in [3.05, 3.63) is 82.9 Å². The van der Waals surface area contributed by atoms with Crippen LogP contribution in [-0.2, 0) is 19.1 Å². The monoisotopic (exact) mass is 357 g/mol. The van der Waals surface area contributed by atoms with Gasteiger partial charge in [-0.2, -0.15) is 13.2 Å². The standard InChI is InChI=1S/C22H22F3N/c23-22(24,25)19-8-4-7-17(12-19)11-18-13-20-9-10-21(14-18)26(20)15-16-5-2-1-3-6-16/h1-8,12-13,20-21H,9-11,14-15H2. The van der Waals surface area contributed by atoms with Crippen LogP contribution in [0.25, 0.3) is 0 Å². The van der Waals surface area contributed by atoms with Crippen LogP contribution < -0.4 is 0 Å². The Bertz CT molecular complexity index is 795. The molecule has 1 nitrogen and oxygen atoms in total. The van der Waals surface area contributed by atoms with Crippen molar-refractivity contribution in [1.29, 1.82) is 0 Å². The first kappa shape index (κ1) is 17.3. The lowest BCUT2D eigenvalue weighted by molar-refractivity contribution is -0.137. The molecule has 26 heavy (non-hydrogen) atoms. The maximum atomic E-state index is 12.9. The van der Waals surface area contributed by atoms with E-state index in [2.05, 4.69) is 35.2 Å². The lowest BCUT2D eigenvalue weighted by Gasteiger charge is -2.34. The van der Waals surface area contributed by atoms with E-state index in [1.54, 1.807) is 6.07 Å². The summed E-state index contributed by atoms with van der Waals surface area (Å²) in [5.74, 6) is 0. The van der Waals surface area contributed by atoms with Crippen LogP contribution in [0.15, 0.2) is 66.2 Å². The quantitative estimate of drug-likeness (QED) is 0.643. The van der Waals surface area contributed by atoms with Crippen molar-refractivity contribution < 1.29 is 13.2 Å². The van der Waals surface area contributed by atoms with Crippen LogP contribution in [0.4, 0.5) is 13.2 Å². The molecule has 4 rings (SSSR count). The molecule has 2 bridgehead atoms.